The van der Waals surface area contributed by atoms with E-state index in [1.807, 2.05) is 30.3 Å². The minimum atomic E-state index is -3.01. The molecule has 2 atom stereocenters. The van der Waals surface area contributed by atoms with E-state index in [-0.39, 0.29) is 23.6 Å². The first-order chi connectivity index (χ1) is 13.0. The Hall–Kier alpha value is -1.31. The highest BCUT2D eigenvalue weighted by Crippen LogP contribution is 2.35. The first kappa shape index (κ1) is 19.0. The normalized spacial score (nSPS) is 23.3. The van der Waals surface area contributed by atoms with E-state index in [1.54, 1.807) is 11.8 Å². The minimum Gasteiger partial charge on any atom is -0.315 e. The number of fused-ring (bicyclic) bond motifs is 1. The van der Waals surface area contributed by atoms with Crippen LogP contribution in [0.4, 0.5) is 5.69 Å². The number of anilines is 1. The van der Waals surface area contributed by atoms with E-state index in [0.29, 0.717) is 0 Å². The van der Waals surface area contributed by atoms with Crippen molar-refractivity contribution >= 4 is 48.4 Å². The molecule has 1 fully saturated rings. The molecule has 142 valence electrons. The minimum absolute atomic E-state index is 0.0761. The SMILES string of the molecule is O=S1(=O)C[C@@H]2[C@@H](C1)N=C(SCCCc1ccccc1)N2c1ccc(Br)cc1. The molecule has 4 rings (SSSR count). The number of amidine groups is 1. The maximum Gasteiger partial charge on any atom is 0.164 e. The van der Waals surface area contributed by atoms with E-state index in [9.17, 15) is 8.42 Å². The fourth-order valence-electron chi connectivity index (χ4n) is 3.62. The molecule has 7 heteroatoms. The van der Waals surface area contributed by atoms with Crippen LogP contribution in [0.1, 0.15) is 12.0 Å². The van der Waals surface area contributed by atoms with E-state index < -0.39 is 9.84 Å². The molecule has 4 nitrogen and oxygen atoms in total. The van der Waals surface area contributed by atoms with E-state index in [2.05, 4.69) is 45.1 Å². The van der Waals surface area contributed by atoms with Gasteiger partial charge in [0, 0.05) is 15.9 Å². The number of sulfone groups is 1. The summed E-state index contributed by atoms with van der Waals surface area (Å²) in [5.41, 5.74) is 2.36. The zero-order chi connectivity index (χ0) is 18.9. The van der Waals surface area contributed by atoms with Crippen molar-refractivity contribution in [1.29, 1.82) is 0 Å². The van der Waals surface area contributed by atoms with Gasteiger partial charge >= 0.3 is 0 Å². The Labute approximate surface area is 173 Å². The van der Waals surface area contributed by atoms with Crippen LogP contribution in [-0.4, -0.2) is 42.9 Å². The lowest BCUT2D eigenvalue weighted by Gasteiger charge is -2.26. The number of thioether (sulfide) groups is 1. The molecule has 0 bridgehead atoms. The number of nitrogens with zero attached hydrogens (tertiary/aromatic N) is 2. The van der Waals surface area contributed by atoms with Gasteiger partial charge in [-0.3, -0.25) is 4.99 Å². The summed E-state index contributed by atoms with van der Waals surface area (Å²) in [4.78, 5) is 6.92. The number of hydrogen-bond donors (Lipinski definition) is 0. The molecule has 2 aromatic rings. The Morgan fingerprint density at radius 1 is 1.07 bits per heavy atom. The number of aliphatic imine (C=N–C) groups is 1. The quantitative estimate of drug-likeness (QED) is 0.623. The Kier molecular flexibility index (Phi) is 5.62. The zero-order valence-corrected chi connectivity index (χ0v) is 18.0. The molecular formula is C20H21BrN2O2S2. The van der Waals surface area contributed by atoms with Crippen molar-refractivity contribution in [1.82, 2.24) is 0 Å². The highest BCUT2D eigenvalue weighted by molar-refractivity contribution is 9.10. The fourth-order valence-corrected chi connectivity index (χ4v) is 6.79. The van der Waals surface area contributed by atoms with Crippen LogP contribution in [0.3, 0.4) is 0 Å². The number of halogens is 1. The molecule has 0 amide bonds. The molecule has 0 saturated carbocycles. The summed E-state index contributed by atoms with van der Waals surface area (Å²) in [6.07, 6.45) is 2.11. The molecule has 0 aromatic heterocycles. The van der Waals surface area contributed by atoms with Gasteiger partial charge in [-0.25, -0.2) is 8.42 Å². The van der Waals surface area contributed by atoms with Crippen LogP contribution in [0.15, 0.2) is 64.1 Å². The van der Waals surface area contributed by atoms with Crippen molar-refractivity contribution < 1.29 is 8.42 Å². The lowest BCUT2D eigenvalue weighted by molar-refractivity contribution is 0.601. The molecular weight excluding hydrogens is 444 g/mol. The first-order valence-corrected chi connectivity index (χ1v) is 12.6. The van der Waals surface area contributed by atoms with Gasteiger partial charge in [0.05, 0.1) is 23.6 Å². The lowest BCUT2D eigenvalue weighted by Crippen LogP contribution is -2.39. The molecule has 0 N–H and O–H groups in total. The van der Waals surface area contributed by atoms with E-state index >= 15 is 0 Å². The van der Waals surface area contributed by atoms with Gasteiger partial charge < -0.3 is 4.90 Å². The second-order valence-corrected chi connectivity index (χ2v) is 11.0. The maximum absolute atomic E-state index is 12.1. The Bertz CT molecular complexity index is 930. The molecule has 0 spiro atoms. The summed E-state index contributed by atoms with van der Waals surface area (Å²) in [5, 5.41) is 0.954. The number of hydrogen-bond acceptors (Lipinski definition) is 5. The largest absolute Gasteiger partial charge is 0.315 e. The standard InChI is InChI=1S/C20H21BrN2O2S2/c21-16-8-10-17(11-9-16)23-19-14-27(24,25)13-18(19)22-20(23)26-12-4-7-15-5-2-1-3-6-15/h1-3,5-6,8-11,18-19H,4,7,12-14H2/t18-,19-/m1/s1. The molecule has 0 aliphatic carbocycles. The number of aryl methyl sites for hydroxylation is 1. The van der Waals surface area contributed by atoms with E-state index in [1.165, 1.54) is 5.56 Å². The van der Waals surface area contributed by atoms with Gasteiger partial charge in [0.2, 0.25) is 0 Å². The van der Waals surface area contributed by atoms with Crippen molar-refractivity contribution in [3.63, 3.8) is 0 Å². The summed E-state index contributed by atoms with van der Waals surface area (Å²) in [6.45, 7) is 0. The van der Waals surface area contributed by atoms with Crippen molar-refractivity contribution in [3.8, 4) is 0 Å². The second-order valence-electron chi connectivity index (χ2n) is 6.91. The third-order valence-corrected chi connectivity index (χ3v) is 8.18. The third kappa shape index (κ3) is 4.41. The summed E-state index contributed by atoms with van der Waals surface area (Å²) in [6, 6.07) is 18.3. The van der Waals surface area contributed by atoms with Crippen molar-refractivity contribution in [3.05, 3.63) is 64.6 Å². The van der Waals surface area contributed by atoms with Crippen LogP contribution in [0, 0.1) is 0 Å². The Balaban J connectivity index is 1.46. The van der Waals surface area contributed by atoms with Crippen LogP contribution in [-0.2, 0) is 16.3 Å². The molecule has 0 radical (unpaired) electrons. The zero-order valence-electron chi connectivity index (χ0n) is 14.8. The number of benzene rings is 2. The molecule has 2 aliphatic heterocycles. The summed E-state index contributed by atoms with van der Waals surface area (Å²) < 4.78 is 25.2. The molecule has 27 heavy (non-hydrogen) atoms. The summed E-state index contributed by atoms with van der Waals surface area (Å²) in [7, 11) is -3.01. The second kappa shape index (κ2) is 7.97. The predicted octanol–water partition coefficient (Wildman–Crippen LogP) is 4.16. The Morgan fingerprint density at radius 3 is 2.56 bits per heavy atom. The lowest BCUT2D eigenvalue weighted by atomic mass is 10.1. The van der Waals surface area contributed by atoms with Gasteiger partial charge in [-0.2, -0.15) is 0 Å². The average Bonchev–Trinajstić information content (AvgIpc) is 3.11. The Morgan fingerprint density at radius 2 is 1.81 bits per heavy atom. The van der Waals surface area contributed by atoms with Crippen molar-refractivity contribution in [2.24, 2.45) is 4.99 Å². The van der Waals surface area contributed by atoms with E-state index in [0.717, 1.165) is 33.9 Å². The van der Waals surface area contributed by atoms with Crippen LogP contribution < -0.4 is 4.90 Å². The molecule has 2 aromatic carbocycles. The van der Waals surface area contributed by atoms with Gasteiger partial charge in [-0.1, -0.05) is 58.0 Å². The molecule has 0 unspecified atom stereocenters. The van der Waals surface area contributed by atoms with Crippen LogP contribution in [0.25, 0.3) is 0 Å². The van der Waals surface area contributed by atoms with Crippen molar-refractivity contribution in [2.75, 3.05) is 22.2 Å². The third-order valence-electron chi connectivity index (χ3n) is 4.90. The fraction of sp³-hybridized carbons (Fsp3) is 0.350. The summed E-state index contributed by atoms with van der Waals surface area (Å²) >= 11 is 5.20. The van der Waals surface area contributed by atoms with Gasteiger partial charge in [0.25, 0.3) is 0 Å². The highest BCUT2D eigenvalue weighted by Gasteiger charge is 2.47. The highest BCUT2D eigenvalue weighted by atomic mass is 79.9. The predicted molar refractivity (Wildman–Crippen MR) is 118 cm³/mol. The summed E-state index contributed by atoms with van der Waals surface area (Å²) in [5.74, 6) is 1.32. The van der Waals surface area contributed by atoms with Crippen LogP contribution in [0.2, 0.25) is 0 Å². The molecule has 2 heterocycles. The molecule has 1 saturated heterocycles. The average molecular weight is 465 g/mol. The maximum atomic E-state index is 12.1. The van der Waals surface area contributed by atoms with E-state index in [4.69, 9.17) is 4.99 Å². The van der Waals surface area contributed by atoms with Crippen LogP contribution >= 0.6 is 27.7 Å². The van der Waals surface area contributed by atoms with Gasteiger partial charge in [-0.05, 0) is 42.7 Å². The molecule has 2 aliphatic rings. The topological polar surface area (TPSA) is 49.7 Å². The smallest absolute Gasteiger partial charge is 0.164 e. The number of rotatable bonds is 5. The van der Waals surface area contributed by atoms with Gasteiger partial charge in [0.15, 0.2) is 15.0 Å². The van der Waals surface area contributed by atoms with Crippen molar-refractivity contribution in [2.45, 2.75) is 24.9 Å². The monoisotopic (exact) mass is 464 g/mol. The van der Waals surface area contributed by atoms with Gasteiger partial charge in [0.1, 0.15) is 0 Å². The first-order valence-electron chi connectivity index (χ1n) is 9.02. The van der Waals surface area contributed by atoms with Gasteiger partial charge in [-0.15, -0.1) is 0 Å². The van der Waals surface area contributed by atoms with Crippen LogP contribution in [0.5, 0.6) is 0 Å².